The quantitative estimate of drug-likeness (QED) is 0.455. The highest BCUT2D eigenvalue weighted by Crippen LogP contribution is 2.05. The second-order valence-electron chi connectivity index (χ2n) is 5.47. The van der Waals surface area contributed by atoms with Crippen LogP contribution in [0.25, 0.3) is 0 Å². The third kappa shape index (κ3) is 14.6. The molecule has 0 saturated carbocycles. The third-order valence-electron chi connectivity index (χ3n) is 3.23. The van der Waals surface area contributed by atoms with E-state index in [0.29, 0.717) is 19.2 Å². The van der Waals surface area contributed by atoms with E-state index in [1.165, 1.54) is 32.1 Å². The summed E-state index contributed by atoms with van der Waals surface area (Å²) in [5, 5.41) is 13.1. The first-order valence-electron chi connectivity index (χ1n) is 8.27. The molecule has 0 aliphatic carbocycles. The van der Waals surface area contributed by atoms with Gasteiger partial charge >= 0.3 is 0 Å². The van der Waals surface area contributed by atoms with Crippen molar-refractivity contribution in [3.8, 4) is 0 Å². The predicted molar refractivity (Wildman–Crippen MR) is 90.7 cm³/mol. The van der Waals surface area contributed by atoms with Gasteiger partial charge in [0.15, 0.2) is 0 Å². The Morgan fingerprint density at radius 2 is 1.80 bits per heavy atom. The SMILES string of the molecule is CCCCCCCCOCC(O)CNC(C)CSCC. The van der Waals surface area contributed by atoms with Crippen LogP contribution in [0, 0.1) is 0 Å². The highest BCUT2D eigenvalue weighted by atomic mass is 32.2. The fraction of sp³-hybridized carbons (Fsp3) is 1.00. The van der Waals surface area contributed by atoms with E-state index >= 15 is 0 Å². The van der Waals surface area contributed by atoms with Crippen molar-refractivity contribution in [3.63, 3.8) is 0 Å². The van der Waals surface area contributed by atoms with E-state index in [2.05, 4.69) is 26.1 Å². The number of thioether (sulfide) groups is 1. The van der Waals surface area contributed by atoms with Crippen LogP contribution in [0.2, 0.25) is 0 Å². The van der Waals surface area contributed by atoms with Crippen molar-refractivity contribution >= 4 is 11.8 Å². The number of ether oxygens (including phenoxy) is 1. The van der Waals surface area contributed by atoms with E-state index in [1.807, 2.05) is 11.8 Å². The summed E-state index contributed by atoms with van der Waals surface area (Å²) in [4.78, 5) is 0. The summed E-state index contributed by atoms with van der Waals surface area (Å²) in [5.74, 6) is 2.25. The number of hydrogen-bond acceptors (Lipinski definition) is 4. The largest absolute Gasteiger partial charge is 0.389 e. The maximum atomic E-state index is 9.80. The predicted octanol–water partition coefficient (Wildman–Crippen LogP) is 3.46. The second kappa shape index (κ2) is 15.6. The van der Waals surface area contributed by atoms with Crippen LogP contribution in [0.3, 0.4) is 0 Å². The summed E-state index contributed by atoms with van der Waals surface area (Å²) in [6.07, 6.45) is 7.28. The molecule has 0 rings (SSSR count). The topological polar surface area (TPSA) is 41.5 Å². The standard InChI is InChI=1S/C16H35NO2S/c1-4-6-7-8-9-10-11-19-13-16(18)12-17-15(3)14-20-5-2/h15-18H,4-14H2,1-3H3. The van der Waals surface area contributed by atoms with Crippen LogP contribution in [-0.4, -0.2) is 48.5 Å². The van der Waals surface area contributed by atoms with Gasteiger partial charge in [-0.15, -0.1) is 0 Å². The van der Waals surface area contributed by atoms with Gasteiger partial charge in [-0.2, -0.15) is 11.8 Å². The zero-order valence-electron chi connectivity index (χ0n) is 13.7. The van der Waals surface area contributed by atoms with Crippen LogP contribution in [0.1, 0.15) is 59.3 Å². The molecule has 2 N–H and O–H groups in total. The van der Waals surface area contributed by atoms with Crippen molar-refractivity contribution in [2.24, 2.45) is 0 Å². The Balaban J connectivity index is 3.25. The molecule has 2 atom stereocenters. The molecule has 0 aliphatic heterocycles. The van der Waals surface area contributed by atoms with Crippen LogP contribution >= 0.6 is 11.8 Å². The van der Waals surface area contributed by atoms with Crippen LogP contribution in [0.15, 0.2) is 0 Å². The molecule has 0 radical (unpaired) electrons. The molecule has 2 unspecified atom stereocenters. The van der Waals surface area contributed by atoms with Crippen LogP contribution in [0.5, 0.6) is 0 Å². The smallest absolute Gasteiger partial charge is 0.0897 e. The first-order valence-corrected chi connectivity index (χ1v) is 9.43. The monoisotopic (exact) mass is 305 g/mol. The Labute approximate surface area is 130 Å². The zero-order chi connectivity index (χ0) is 15.1. The van der Waals surface area contributed by atoms with Crippen LogP contribution in [-0.2, 0) is 4.74 Å². The first-order chi connectivity index (χ1) is 9.70. The van der Waals surface area contributed by atoms with Gasteiger partial charge in [-0.3, -0.25) is 0 Å². The molecule has 0 aromatic carbocycles. The molecule has 0 spiro atoms. The Morgan fingerprint density at radius 1 is 1.10 bits per heavy atom. The number of unbranched alkanes of at least 4 members (excludes halogenated alkanes) is 5. The molecular weight excluding hydrogens is 270 g/mol. The molecule has 0 aromatic rings. The van der Waals surface area contributed by atoms with Crippen molar-refractivity contribution in [3.05, 3.63) is 0 Å². The maximum Gasteiger partial charge on any atom is 0.0897 e. The molecule has 122 valence electrons. The Hall–Kier alpha value is 0.230. The van der Waals surface area contributed by atoms with E-state index in [4.69, 9.17) is 4.74 Å². The van der Waals surface area contributed by atoms with Gasteiger partial charge in [-0.05, 0) is 19.1 Å². The van der Waals surface area contributed by atoms with Crippen molar-refractivity contribution in [2.45, 2.75) is 71.4 Å². The van der Waals surface area contributed by atoms with Crippen LogP contribution < -0.4 is 5.32 Å². The Morgan fingerprint density at radius 3 is 2.50 bits per heavy atom. The average molecular weight is 306 g/mol. The second-order valence-corrected chi connectivity index (χ2v) is 6.78. The zero-order valence-corrected chi connectivity index (χ0v) is 14.5. The van der Waals surface area contributed by atoms with Gasteiger partial charge in [0.25, 0.3) is 0 Å². The molecule has 20 heavy (non-hydrogen) atoms. The molecule has 0 amide bonds. The third-order valence-corrected chi connectivity index (χ3v) is 4.37. The van der Waals surface area contributed by atoms with E-state index in [9.17, 15) is 5.11 Å². The molecule has 0 fully saturated rings. The summed E-state index contributed by atoms with van der Waals surface area (Å²) in [6.45, 7) is 8.43. The van der Waals surface area contributed by atoms with Gasteiger partial charge in [0, 0.05) is 24.9 Å². The van der Waals surface area contributed by atoms with E-state index in [1.54, 1.807) is 0 Å². The Bertz CT molecular complexity index is 193. The van der Waals surface area contributed by atoms with E-state index < -0.39 is 0 Å². The molecular formula is C16H35NO2S. The molecule has 0 saturated heterocycles. The Kier molecular flexibility index (Phi) is 15.8. The fourth-order valence-electron chi connectivity index (χ4n) is 1.95. The van der Waals surface area contributed by atoms with Crippen LogP contribution in [0.4, 0.5) is 0 Å². The average Bonchev–Trinajstić information content (AvgIpc) is 2.45. The fourth-order valence-corrected chi connectivity index (χ4v) is 2.66. The number of aliphatic hydroxyl groups excluding tert-OH is 1. The van der Waals surface area contributed by atoms with Crippen molar-refractivity contribution < 1.29 is 9.84 Å². The summed E-state index contributed by atoms with van der Waals surface area (Å²) >= 11 is 1.92. The summed E-state index contributed by atoms with van der Waals surface area (Å²) < 4.78 is 5.52. The first kappa shape index (κ1) is 20.2. The van der Waals surface area contributed by atoms with Gasteiger partial charge in [0.05, 0.1) is 12.7 Å². The lowest BCUT2D eigenvalue weighted by molar-refractivity contribution is 0.0346. The van der Waals surface area contributed by atoms with Crippen molar-refractivity contribution in [1.82, 2.24) is 5.32 Å². The highest BCUT2D eigenvalue weighted by Gasteiger charge is 2.07. The molecule has 0 heterocycles. The highest BCUT2D eigenvalue weighted by molar-refractivity contribution is 7.99. The van der Waals surface area contributed by atoms with Crippen molar-refractivity contribution in [1.29, 1.82) is 0 Å². The van der Waals surface area contributed by atoms with Gasteiger partial charge in [-0.1, -0.05) is 46.0 Å². The van der Waals surface area contributed by atoms with Gasteiger partial charge in [0.2, 0.25) is 0 Å². The summed E-state index contributed by atoms with van der Waals surface area (Å²) in [7, 11) is 0. The number of nitrogens with one attached hydrogen (secondary N) is 1. The summed E-state index contributed by atoms with van der Waals surface area (Å²) in [5.41, 5.74) is 0. The minimum absolute atomic E-state index is 0.385. The molecule has 4 heteroatoms. The number of rotatable bonds is 15. The van der Waals surface area contributed by atoms with Gasteiger partial charge in [-0.25, -0.2) is 0 Å². The molecule has 0 bridgehead atoms. The number of hydrogen-bond donors (Lipinski definition) is 2. The molecule has 0 aliphatic rings. The van der Waals surface area contributed by atoms with E-state index in [-0.39, 0.29) is 6.10 Å². The summed E-state index contributed by atoms with van der Waals surface area (Å²) in [6, 6.07) is 0.452. The minimum atomic E-state index is -0.385. The maximum absolute atomic E-state index is 9.80. The van der Waals surface area contributed by atoms with Gasteiger partial charge in [0.1, 0.15) is 0 Å². The van der Waals surface area contributed by atoms with E-state index in [0.717, 1.165) is 24.5 Å². The minimum Gasteiger partial charge on any atom is -0.389 e. The van der Waals surface area contributed by atoms with Crippen molar-refractivity contribution in [2.75, 3.05) is 31.3 Å². The van der Waals surface area contributed by atoms with Gasteiger partial charge < -0.3 is 15.2 Å². The molecule has 3 nitrogen and oxygen atoms in total. The molecule has 0 aromatic heterocycles. The lowest BCUT2D eigenvalue weighted by Crippen LogP contribution is -2.37. The lowest BCUT2D eigenvalue weighted by Gasteiger charge is -2.16. The normalized spacial score (nSPS) is 14.4. The number of aliphatic hydroxyl groups is 1. The lowest BCUT2D eigenvalue weighted by atomic mass is 10.1.